The molecule has 6 nitrogen and oxygen atoms in total. The normalized spacial score (nSPS) is 26.9. The van der Waals surface area contributed by atoms with Crippen LogP contribution in [0.4, 0.5) is 0 Å². The molecule has 1 aromatic heterocycles. The van der Waals surface area contributed by atoms with Crippen molar-refractivity contribution in [2.75, 3.05) is 33.2 Å². The van der Waals surface area contributed by atoms with Crippen molar-refractivity contribution in [3.05, 3.63) is 18.2 Å². The van der Waals surface area contributed by atoms with Crippen LogP contribution in [-0.2, 0) is 11.3 Å². The summed E-state index contributed by atoms with van der Waals surface area (Å²) in [4.78, 5) is 24.0. The zero-order valence-corrected chi connectivity index (χ0v) is 12.7. The first-order chi connectivity index (χ1) is 10.3. The fraction of sp³-hybridized carbons (Fsp3) is 0.733. The molecule has 2 aliphatic rings. The van der Waals surface area contributed by atoms with Gasteiger partial charge in [0.25, 0.3) is 0 Å². The van der Waals surface area contributed by atoms with Crippen molar-refractivity contribution >= 4 is 5.91 Å². The summed E-state index contributed by atoms with van der Waals surface area (Å²) in [5.74, 6) is 0.963. The standard InChI is InChI=1S/C15H25N5O/c1-16-5-7-20-14-4-6-19(10-13-8-17-11-18-13)9-12(14)2-3-15(20)21/h8,11-12,14,16H,2-7,9-10H2,1H3,(H,17,18)/t12-,14+/m0/s1. The van der Waals surface area contributed by atoms with E-state index in [2.05, 4.69) is 25.1 Å². The maximum atomic E-state index is 12.2. The molecule has 2 saturated heterocycles. The molecule has 0 bridgehead atoms. The van der Waals surface area contributed by atoms with Crippen molar-refractivity contribution in [1.29, 1.82) is 0 Å². The molecule has 2 N–H and O–H groups in total. The van der Waals surface area contributed by atoms with Crippen molar-refractivity contribution < 1.29 is 4.79 Å². The molecule has 2 atom stereocenters. The number of fused-ring (bicyclic) bond motifs is 1. The Morgan fingerprint density at radius 2 is 2.38 bits per heavy atom. The zero-order valence-electron chi connectivity index (χ0n) is 12.7. The first-order valence-electron chi connectivity index (χ1n) is 7.91. The number of hydrogen-bond donors (Lipinski definition) is 2. The topological polar surface area (TPSA) is 64.3 Å². The van der Waals surface area contributed by atoms with Gasteiger partial charge in [0, 0.05) is 57.1 Å². The van der Waals surface area contributed by atoms with Crippen LogP contribution in [0.1, 0.15) is 25.0 Å². The number of nitrogens with one attached hydrogen (secondary N) is 2. The Balaban J connectivity index is 1.60. The molecule has 21 heavy (non-hydrogen) atoms. The van der Waals surface area contributed by atoms with Crippen LogP contribution < -0.4 is 5.32 Å². The molecule has 1 aromatic rings. The Bertz CT molecular complexity index is 461. The molecule has 0 spiro atoms. The van der Waals surface area contributed by atoms with Gasteiger partial charge in [-0.2, -0.15) is 0 Å². The lowest BCUT2D eigenvalue weighted by Gasteiger charge is -2.47. The van der Waals surface area contributed by atoms with E-state index in [-0.39, 0.29) is 0 Å². The number of H-pyrrole nitrogens is 1. The largest absolute Gasteiger partial charge is 0.347 e. The SMILES string of the molecule is CNCCN1C(=O)CC[C@H]2CN(Cc3cnc[nH]3)CC[C@H]21. The lowest BCUT2D eigenvalue weighted by atomic mass is 9.83. The number of aromatic nitrogens is 2. The summed E-state index contributed by atoms with van der Waals surface area (Å²) in [6.45, 7) is 4.81. The first-order valence-corrected chi connectivity index (χ1v) is 7.91. The van der Waals surface area contributed by atoms with Gasteiger partial charge in [-0.25, -0.2) is 4.98 Å². The number of imidazole rings is 1. The lowest BCUT2D eigenvalue weighted by molar-refractivity contribution is -0.141. The van der Waals surface area contributed by atoms with E-state index in [0.29, 0.717) is 24.3 Å². The summed E-state index contributed by atoms with van der Waals surface area (Å²) in [7, 11) is 1.94. The molecule has 0 unspecified atom stereocenters. The summed E-state index contributed by atoms with van der Waals surface area (Å²) >= 11 is 0. The van der Waals surface area contributed by atoms with Gasteiger partial charge >= 0.3 is 0 Å². The highest BCUT2D eigenvalue weighted by Crippen LogP contribution is 2.31. The maximum Gasteiger partial charge on any atom is 0.222 e. The molecule has 0 radical (unpaired) electrons. The summed E-state index contributed by atoms with van der Waals surface area (Å²) in [6, 6.07) is 0.442. The number of rotatable bonds is 5. The minimum atomic E-state index is 0.341. The fourth-order valence-electron chi connectivity index (χ4n) is 3.71. The van der Waals surface area contributed by atoms with Gasteiger partial charge in [0.05, 0.1) is 6.33 Å². The number of hydrogen-bond acceptors (Lipinski definition) is 4. The number of aromatic amines is 1. The van der Waals surface area contributed by atoms with E-state index >= 15 is 0 Å². The van der Waals surface area contributed by atoms with Gasteiger partial charge in [-0.15, -0.1) is 0 Å². The van der Waals surface area contributed by atoms with E-state index in [4.69, 9.17) is 0 Å². The van der Waals surface area contributed by atoms with Gasteiger partial charge in [-0.3, -0.25) is 9.69 Å². The molecule has 2 fully saturated rings. The molecular formula is C15H25N5O. The zero-order chi connectivity index (χ0) is 14.7. The molecule has 6 heteroatoms. The van der Waals surface area contributed by atoms with Gasteiger partial charge in [0.2, 0.25) is 5.91 Å². The molecule has 1 amide bonds. The van der Waals surface area contributed by atoms with Gasteiger partial charge in [-0.1, -0.05) is 0 Å². The minimum absolute atomic E-state index is 0.341. The Morgan fingerprint density at radius 1 is 1.48 bits per heavy atom. The van der Waals surface area contributed by atoms with E-state index in [1.807, 2.05) is 13.2 Å². The number of amides is 1. The van der Waals surface area contributed by atoms with E-state index < -0.39 is 0 Å². The Labute approximate surface area is 125 Å². The third kappa shape index (κ3) is 3.27. The summed E-state index contributed by atoms with van der Waals surface area (Å²) < 4.78 is 0. The fourth-order valence-corrected chi connectivity index (χ4v) is 3.71. The van der Waals surface area contributed by atoms with Gasteiger partial charge in [-0.05, 0) is 25.8 Å². The summed E-state index contributed by atoms with van der Waals surface area (Å²) in [5, 5.41) is 3.15. The number of carbonyl (C=O) groups is 1. The number of carbonyl (C=O) groups excluding carboxylic acids is 1. The van der Waals surface area contributed by atoms with Crippen molar-refractivity contribution in [1.82, 2.24) is 25.1 Å². The van der Waals surface area contributed by atoms with Gasteiger partial charge in [0.15, 0.2) is 0 Å². The number of likely N-dealkylation sites (N-methyl/N-ethyl adjacent to an activating group) is 1. The predicted molar refractivity (Wildman–Crippen MR) is 80.6 cm³/mol. The average Bonchev–Trinajstić information content (AvgIpc) is 2.99. The van der Waals surface area contributed by atoms with Crippen molar-refractivity contribution in [2.24, 2.45) is 5.92 Å². The van der Waals surface area contributed by atoms with Gasteiger partial charge in [0.1, 0.15) is 0 Å². The molecule has 116 valence electrons. The highest BCUT2D eigenvalue weighted by Gasteiger charge is 2.38. The predicted octanol–water partition coefficient (Wildman–Crippen LogP) is 0.442. The second kappa shape index (κ2) is 6.58. The first kappa shape index (κ1) is 14.5. The monoisotopic (exact) mass is 291 g/mol. The van der Waals surface area contributed by atoms with Crippen LogP contribution in [-0.4, -0.2) is 64.9 Å². The molecule has 3 heterocycles. The van der Waals surface area contributed by atoms with Crippen molar-refractivity contribution in [3.63, 3.8) is 0 Å². The van der Waals surface area contributed by atoms with Crippen LogP contribution in [0.25, 0.3) is 0 Å². The third-order valence-electron chi connectivity index (χ3n) is 4.78. The van der Waals surface area contributed by atoms with Gasteiger partial charge < -0.3 is 15.2 Å². The summed E-state index contributed by atoms with van der Waals surface area (Å²) in [5.41, 5.74) is 1.17. The summed E-state index contributed by atoms with van der Waals surface area (Å²) in [6.07, 6.45) is 6.48. The molecular weight excluding hydrogens is 266 g/mol. The van der Waals surface area contributed by atoms with Crippen LogP contribution in [0.2, 0.25) is 0 Å². The maximum absolute atomic E-state index is 12.2. The Morgan fingerprint density at radius 3 is 3.14 bits per heavy atom. The molecule has 0 aromatic carbocycles. The Kier molecular flexibility index (Phi) is 4.55. The molecule has 3 rings (SSSR count). The Hall–Kier alpha value is -1.40. The molecule has 0 saturated carbocycles. The van der Waals surface area contributed by atoms with E-state index in [1.54, 1.807) is 6.33 Å². The highest BCUT2D eigenvalue weighted by molar-refractivity contribution is 5.77. The number of nitrogens with zero attached hydrogens (tertiary/aromatic N) is 3. The molecule has 0 aliphatic carbocycles. The third-order valence-corrected chi connectivity index (χ3v) is 4.78. The van der Waals surface area contributed by atoms with Crippen LogP contribution in [0.15, 0.2) is 12.5 Å². The van der Waals surface area contributed by atoms with Crippen LogP contribution >= 0.6 is 0 Å². The van der Waals surface area contributed by atoms with Crippen molar-refractivity contribution in [2.45, 2.75) is 31.8 Å². The van der Waals surface area contributed by atoms with E-state index in [9.17, 15) is 4.79 Å². The number of likely N-dealkylation sites (tertiary alicyclic amines) is 2. The second-order valence-corrected chi connectivity index (χ2v) is 6.16. The minimum Gasteiger partial charge on any atom is -0.347 e. The van der Waals surface area contributed by atoms with Crippen LogP contribution in [0.3, 0.4) is 0 Å². The smallest absolute Gasteiger partial charge is 0.222 e. The number of piperidine rings is 2. The average molecular weight is 291 g/mol. The highest BCUT2D eigenvalue weighted by atomic mass is 16.2. The van der Waals surface area contributed by atoms with Crippen LogP contribution in [0.5, 0.6) is 0 Å². The second-order valence-electron chi connectivity index (χ2n) is 6.16. The molecule has 2 aliphatic heterocycles. The van der Waals surface area contributed by atoms with E-state index in [0.717, 1.165) is 45.6 Å². The quantitative estimate of drug-likeness (QED) is 0.826. The van der Waals surface area contributed by atoms with Crippen LogP contribution in [0, 0.1) is 5.92 Å². The lowest BCUT2D eigenvalue weighted by Crippen LogP contribution is -2.56. The van der Waals surface area contributed by atoms with Crippen molar-refractivity contribution in [3.8, 4) is 0 Å². The van der Waals surface area contributed by atoms with E-state index in [1.165, 1.54) is 5.69 Å².